The number of carbonyl (C=O) groups is 2. The largest absolute Gasteiger partial charge is 0.496 e. The first-order chi connectivity index (χ1) is 15.9. The highest BCUT2D eigenvalue weighted by Crippen LogP contribution is 2.49. The van der Waals surface area contributed by atoms with Crippen LogP contribution in [0.4, 0.5) is 11.4 Å². The summed E-state index contributed by atoms with van der Waals surface area (Å²) < 4.78 is 5.72. The predicted molar refractivity (Wildman–Crippen MR) is 132 cm³/mol. The Morgan fingerprint density at radius 3 is 2.58 bits per heavy atom. The van der Waals surface area contributed by atoms with E-state index >= 15 is 0 Å². The minimum Gasteiger partial charge on any atom is -0.496 e. The van der Waals surface area contributed by atoms with Crippen LogP contribution in [-0.2, 0) is 9.59 Å². The Morgan fingerprint density at radius 2 is 1.82 bits per heavy atom. The molecule has 0 bridgehead atoms. The maximum atomic E-state index is 13.8. The monoisotopic (exact) mass is 446 g/mol. The van der Waals surface area contributed by atoms with Crippen molar-refractivity contribution < 1.29 is 14.3 Å². The van der Waals surface area contributed by atoms with Crippen LogP contribution in [0.1, 0.15) is 70.9 Å². The van der Waals surface area contributed by atoms with Crippen LogP contribution in [0.3, 0.4) is 0 Å². The lowest BCUT2D eigenvalue weighted by Crippen LogP contribution is -2.39. The predicted octanol–water partition coefficient (Wildman–Crippen LogP) is 6.42. The van der Waals surface area contributed by atoms with E-state index in [1.54, 1.807) is 7.11 Å². The van der Waals surface area contributed by atoms with Crippen LogP contribution >= 0.6 is 0 Å². The molecule has 0 aromatic heterocycles. The zero-order valence-electron chi connectivity index (χ0n) is 20.1. The number of allylic oxidation sites excluding steroid dienone is 1. The van der Waals surface area contributed by atoms with Crippen molar-refractivity contribution in [2.45, 2.75) is 65.3 Å². The van der Waals surface area contributed by atoms with E-state index in [1.165, 1.54) is 0 Å². The number of unbranched alkanes of at least 4 members (excludes halogenated alkanes) is 2. The second-order valence-corrected chi connectivity index (χ2v) is 9.84. The number of methoxy groups -OCH3 is 1. The van der Waals surface area contributed by atoms with Crippen LogP contribution < -0.4 is 15.0 Å². The van der Waals surface area contributed by atoms with Gasteiger partial charge in [0, 0.05) is 29.7 Å². The van der Waals surface area contributed by atoms with Crippen LogP contribution in [0.2, 0.25) is 0 Å². The number of hydrogen-bond donors (Lipinski definition) is 1. The van der Waals surface area contributed by atoms with E-state index in [-0.39, 0.29) is 17.1 Å². The number of Topliss-reactive ketones (excluding diaryl/α,β-unsaturated/α-hetero) is 1. The lowest BCUT2D eigenvalue weighted by atomic mass is 9.73. The third-order valence-corrected chi connectivity index (χ3v) is 6.60. The summed E-state index contributed by atoms with van der Waals surface area (Å²) in [6.07, 6.45) is 4.51. The van der Waals surface area contributed by atoms with Crippen LogP contribution in [0.15, 0.2) is 59.8 Å². The molecular weight excluding hydrogens is 412 g/mol. The van der Waals surface area contributed by atoms with Crippen molar-refractivity contribution in [3.8, 4) is 5.75 Å². The number of anilines is 2. The van der Waals surface area contributed by atoms with Crippen LogP contribution in [0.5, 0.6) is 5.75 Å². The van der Waals surface area contributed by atoms with Gasteiger partial charge in [0.05, 0.1) is 24.5 Å². The highest BCUT2D eigenvalue weighted by atomic mass is 16.5. The van der Waals surface area contributed by atoms with Gasteiger partial charge in [0.1, 0.15) is 5.75 Å². The molecule has 0 fully saturated rings. The summed E-state index contributed by atoms with van der Waals surface area (Å²) in [5.74, 6) is 0.793. The fraction of sp³-hybridized carbons (Fsp3) is 0.429. The third kappa shape index (κ3) is 4.54. The molecule has 0 saturated carbocycles. The Labute approximate surface area is 196 Å². The molecule has 2 aliphatic rings. The average Bonchev–Trinajstić information content (AvgIpc) is 2.92. The molecule has 0 spiro atoms. The number of nitrogens with zero attached hydrogens (tertiary/aromatic N) is 1. The quantitative estimate of drug-likeness (QED) is 0.520. The second kappa shape index (κ2) is 9.42. The molecule has 1 aliphatic heterocycles. The zero-order valence-corrected chi connectivity index (χ0v) is 20.1. The van der Waals surface area contributed by atoms with Gasteiger partial charge in [-0.15, -0.1) is 0 Å². The standard InChI is InChI=1S/C28H34N2O3/c1-5-6-7-16-25(32)30-22-14-10-9-13-20(22)29-21-17-28(2,3)18-23(31)26(21)27(30)19-12-8-11-15-24(19)33-4/h8-15,27,29H,5-7,16-18H2,1-4H3/t27-/m0/s1. The van der Waals surface area contributed by atoms with Crippen LogP contribution in [0.25, 0.3) is 0 Å². The lowest BCUT2D eigenvalue weighted by Gasteiger charge is -2.37. The van der Waals surface area contributed by atoms with Crippen molar-refractivity contribution in [1.82, 2.24) is 0 Å². The first-order valence-corrected chi connectivity index (χ1v) is 11.9. The number of ether oxygens (including phenoxy) is 1. The van der Waals surface area contributed by atoms with E-state index < -0.39 is 6.04 Å². The van der Waals surface area contributed by atoms with Gasteiger partial charge in [-0.2, -0.15) is 0 Å². The van der Waals surface area contributed by atoms with Crippen molar-refractivity contribution in [3.05, 3.63) is 65.4 Å². The molecule has 174 valence electrons. The van der Waals surface area contributed by atoms with Gasteiger partial charge in [0.2, 0.25) is 5.91 Å². The molecule has 0 saturated heterocycles. The van der Waals surface area contributed by atoms with Gasteiger partial charge < -0.3 is 10.1 Å². The lowest BCUT2D eigenvalue weighted by molar-refractivity contribution is -0.119. The smallest absolute Gasteiger partial charge is 0.227 e. The number of fused-ring (bicyclic) bond motifs is 1. The van der Waals surface area contributed by atoms with E-state index in [9.17, 15) is 9.59 Å². The van der Waals surface area contributed by atoms with E-state index in [4.69, 9.17) is 4.74 Å². The van der Waals surface area contributed by atoms with E-state index in [0.29, 0.717) is 24.2 Å². The molecule has 2 aromatic carbocycles. The van der Waals surface area contributed by atoms with Crippen LogP contribution in [-0.4, -0.2) is 18.8 Å². The molecule has 5 heteroatoms. The normalized spacial score (nSPS) is 19.3. The third-order valence-electron chi connectivity index (χ3n) is 6.60. The van der Waals surface area contributed by atoms with Gasteiger partial charge >= 0.3 is 0 Å². The van der Waals surface area contributed by atoms with Gasteiger partial charge in [-0.05, 0) is 36.5 Å². The molecular formula is C28H34N2O3. The molecule has 33 heavy (non-hydrogen) atoms. The summed E-state index contributed by atoms with van der Waals surface area (Å²) >= 11 is 0. The minimum absolute atomic E-state index is 0.0278. The van der Waals surface area contributed by atoms with Gasteiger partial charge in [0.25, 0.3) is 0 Å². The van der Waals surface area contributed by atoms with Crippen molar-refractivity contribution in [3.63, 3.8) is 0 Å². The number of nitrogens with one attached hydrogen (secondary N) is 1. The van der Waals surface area contributed by atoms with E-state index in [0.717, 1.165) is 48.3 Å². The molecule has 2 aromatic rings. The molecule has 0 radical (unpaired) electrons. The minimum atomic E-state index is -0.537. The Morgan fingerprint density at radius 1 is 1.09 bits per heavy atom. The number of hydrogen-bond acceptors (Lipinski definition) is 4. The van der Waals surface area contributed by atoms with Gasteiger partial charge in [-0.3, -0.25) is 14.5 Å². The van der Waals surface area contributed by atoms with Crippen molar-refractivity contribution in [2.24, 2.45) is 5.41 Å². The number of amides is 1. The molecule has 1 amide bonds. The van der Waals surface area contributed by atoms with Gasteiger partial charge in [0.15, 0.2) is 5.78 Å². The van der Waals surface area contributed by atoms with Gasteiger partial charge in [-0.1, -0.05) is 63.9 Å². The van der Waals surface area contributed by atoms with Crippen molar-refractivity contribution in [1.29, 1.82) is 0 Å². The first kappa shape index (κ1) is 23.1. The number of rotatable bonds is 6. The SMILES string of the molecule is CCCCCC(=O)N1c2ccccc2NC2=C(C(=O)CC(C)(C)C2)[C@@H]1c1ccccc1OC. The fourth-order valence-electron chi connectivity index (χ4n) is 5.10. The molecule has 5 nitrogen and oxygen atoms in total. The Balaban J connectivity index is 1.96. The van der Waals surface area contributed by atoms with E-state index in [2.05, 4.69) is 26.1 Å². The number of benzene rings is 2. The number of para-hydroxylation sites is 3. The maximum absolute atomic E-state index is 13.8. The topological polar surface area (TPSA) is 58.6 Å². The highest BCUT2D eigenvalue weighted by Gasteiger charge is 2.43. The molecule has 0 unspecified atom stereocenters. The van der Waals surface area contributed by atoms with Crippen molar-refractivity contribution in [2.75, 3.05) is 17.3 Å². The second-order valence-electron chi connectivity index (χ2n) is 9.84. The molecule has 1 heterocycles. The van der Waals surface area contributed by atoms with Crippen LogP contribution in [0, 0.1) is 5.41 Å². The fourth-order valence-corrected chi connectivity index (χ4v) is 5.10. The highest BCUT2D eigenvalue weighted by molar-refractivity contribution is 6.06. The summed E-state index contributed by atoms with van der Waals surface area (Å²) in [5.41, 5.74) is 3.93. The Kier molecular flexibility index (Phi) is 6.59. The maximum Gasteiger partial charge on any atom is 0.227 e. The summed E-state index contributed by atoms with van der Waals surface area (Å²) in [7, 11) is 1.64. The average molecular weight is 447 g/mol. The number of ketones is 1. The van der Waals surface area contributed by atoms with Crippen molar-refractivity contribution >= 4 is 23.1 Å². The Hall–Kier alpha value is -3.08. The Bertz CT molecular complexity index is 1090. The molecule has 1 N–H and O–H groups in total. The summed E-state index contributed by atoms with van der Waals surface area (Å²) in [5, 5.41) is 3.56. The van der Waals surface area contributed by atoms with Gasteiger partial charge in [-0.25, -0.2) is 0 Å². The summed E-state index contributed by atoms with van der Waals surface area (Å²) in [4.78, 5) is 29.3. The molecule has 4 rings (SSSR count). The molecule has 1 atom stereocenters. The zero-order chi connectivity index (χ0) is 23.6. The summed E-state index contributed by atoms with van der Waals surface area (Å²) in [6.45, 7) is 6.38. The summed E-state index contributed by atoms with van der Waals surface area (Å²) in [6, 6.07) is 15.1. The van der Waals surface area contributed by atoms with E-state index in [1.807, 2.05) is 53.4 Å². The number of carbonyl (C=O) groups excluding carboxylic acids is 2. The first-order valence-electron chi connectivity index (χ1n) is 11.9. The molecule has 1 aliphatic carbocycles.